The van der Waals surface area contributed by atoms with E-state index in [4.69, 9.17) is 16.9 Å². The number of amides is 2. The van der Waals surface area contributed by atoms with Crippen molar-refractivity contribution in [2.24, 2.45) is 11.1 Å². The minimum atomic E-state index is -0.816. The minimum absolute atomic E-state index is 0.000653. The van der Waals surface area contributed by atoms with Crippen LogP contribution in [-0.2, 0) is 4.79 Å². The Labute approximate surface area is 195 Å². The number of primary amides is 1. The van der Waals surface area contributed by atoms with Crippen molar-refractivity contribution in [1.29, 1.82) is 5.41 Å². The first kappa shape index (κ1) is 21.9. The quantitative estimate of drug-likeness (QED) is 0.169. The number of aromatic amines is 1. The van der Waals surface area contributed by atoms with Crippen molar-refractivity contribution in [3.05, 3.63) is 41.3 Å². The smallest absolute Gasteiger partial charge is 0.269 e. The van der Waals surface area contributed by atoms with E-state index in [9.17, 15) is 14.0 Å². The van der Waals surface area contributed by atoms with Gasteiger partial charge in [-0.1, -0.05) is 6.92 Å². The highest BCUT2D eigenvalue weighted by Crippen LogP contribution is 2.46. The summed E-state index contributed by atoms with van der Waals surface area (Å²) in [6, 6.07) is 6.02. The largest absolute Gasteiger partial charge is 0.398 e. The van der Waals surface area contributed by atoms with Crippen LogP contribution < -0.4 is 22.1 Å². The zero-order chi connectivity index (χ0) is 24.4. The second kappa shape index (κ2) is 7.56. The van der Waals surface area contributed by atoms with E-state index in [0.717, 1.165) is 19.1 Å². The lowest BCUT2D eigenvalue weighted by Crippen LogP contribution is -2.23. The van der Waals surface area contributed by atoms with Crippen molar-refractivity contribution >= 4 is 65.9 Å². The van der Waals surface area contributed by atoms with Crippen LogP contribution in [0.2, 0.25) is 0 Å². The first-order valence-electron chi connectivity index (χ1n) is 10.5. The molecule has 11 heteroatoms. The van der Waals surface area contributed by atoms with Gasteiger partial charge in [0.25, 0.3) is 5.91 Å². The average Bonchev–Trinajstić information content (AvgIpc) is 3.44. The predicted molar refractivity (Wildman–Crippen MR) is 133 cm³/mol. The van der Waals surface area contributed by atoms with Crippen molar-refractivity contribution in [2.45, 2.75) is 19.8 Å². The molecular weight excluding hydrogens is 456 g/mol. The summed E-state index contributed by atoms with van der Waals surface area (Å²) in [5.41, 5.74) is 13.5. The molecule has 0 radical (unpaired) electrons. The Bertz CT molecular complexity index is 1560. The van der Waals surface area contributed by atoms with Gasteiger partial charge in [-0.3, -0.25) is 9.59 Å². The van der Waals surface area contributed by atoms with Crippen molar-refractivity contribution in [3.63, 3.8) is 0 Å². The first-order valence-corrected chi connectivity index (χ1v) is 11.0. The Kier molecular flexibility index (Phi) is 4.87. The van der Waals surface area contributed by atoms with Gasteiger partial charge in [-0.05, 0) is 37.1 Å². The summed E-state index contributed by atoms with van der Waals surface area (Å²) in [6.45, 7) is 1.86. The number of hydrogen-bond acceptors (Lipinski definition) is 6. The van der Waals surface area contributed by atoms with Gasteiger partial charge < -0.3 is 27.2 Å². The second-order valence-electron chi connectivity index (χ2n) is 8.68. The standard InChI is InChI=1S/C23H21FN7O2P/c1-23(4-5-23)22(33)29-14-7-15(34)11(24)6-9(14)21-30-17-16-10(8-25)12(26)2-3-13(16)28-18(17)19(31-21)20(27)32/h2-3,6-8,25,28H,4-5,26,34H2,1H3,(H2,27,32)(H,29,33). The fraction of sp³-hybridized carbons (Fsp3) is 0.174. The average molecular weight is 477 g/mol. The van der Waals surface area contributed by atoms with E-state index in [-0.39, 0.29) is 33.8 Å². The zero-order valence-electron chi connectivity index (χ0n) is 18.1. The molecule has 0 saturated heterocycles. The van der Waals surface area contributed by atoms with Gasteiger partial charge in [0, 0.05) is 44.7 Å². The number of nitrogens with zero attached hydrogens (tertiary/aromatic N) is 2. The third-order valence-electron chi connectivity index (χ3n) is 6.24. The fourth-order valence-corrected chi connectivity index (χ4v) is 4.16. The number of carbonyl (C=O) groups excluding carboxylic acids is 2. The maximum absolute atomic E-state index is 14.6. The van der Waals surface area contributed by atoms with E-state index in [0.29, 0.717) is 33.4 Å². The van der Waals surface area contributed by atoms with Crippen LogP contribution in [0.4, 0.5) is 15.8 Å². The summed E-state index contributed by atoms with van der Waals surface area (Å²) in [6.07, 6.45) is 2.63. The molecule has 34 heavy (non-hydrogen) atoms. The van der Waals surface area contributed by atoms with E-state index in [1.54, 1.807) is 12.1 Å². The number of halogens is 1. The molecule has 2 amide bonds. The van der Waals surface area contributed by atoms with Crippen LogP contribution in [-0.4, -0.2) is 33.0 Å². The van der Waals surface area contributed by atoms with Crippen LogP contribution in [0.25, 0.3) is 33.3 Å². The van der Waals surface area contributed by atoms with Crippen LogP contribution in [0, 0.1) is 16.6 Å². The number of nitrogen functional groups attached to an aromatic ring is 1. The number of anilines is 2. The highest BCUT2D eigenvalue weighted by Gasteiger charge is 2.45. The van der Waals surface area contributed by atoms with E-state index < -0.39 is 17.1 Å². The molecule has 0 spiro atoms. The van der Waals surface area contributed by atoms with Crippen molar-refractivity contribution in [2.75, 3.05) is 11.1 Å². The molecule has 2 aromatic carbocycles. The van der Waals surface area contributed by atoms with Crippen molar-refractivity contribution in [1.82, 2.24) is 15.0 Å². The van der Waals surface area contributed by atoms with Gasteiger partial charge in [-0.25, -0.2) is 14.4 Å². The Morgan fingerprint density at radius 2 is 2.03 bits per heavy atom. The number of nitrogens with one attached hydrogen (secondary N) is 3. The summed E-state index contributed by atoms with van der Waals surface area (Å²) >= 11 is 0. The number of carbonyl (C=O) groups is 2. The summed E-state index contributed by atoms with van der Waals surface area (Å²) in [5.74, 6) is -1.56. The molecule has 1 unspecified atom stereocenters. The van der Waals surface area contributed by atoms with Gasteiger partial charge in [0.15, 0.2) is 11.5 Å². The molecule has 0 bridgehead atoms. The van der Waals surface area contributed by atoms with E-state index in [1.807, 2.05) is 6.92 Å². The SMILES string of the molecule is CC1(C(=O)Nc2cc(P)c(F)cc2-c2nc(C(N)=O)c3[nH]c4ccc(N)c(C=N)c4c3n2)CC1. The lowest BCUT2D eigenvalue weighted by molar-refractivity contribution is -0.120. The van der Waals surface area contributed by atoms with E-state index in [1.165, 1.54) is 12.1 Å². The van der Waals surface area contributed by atoms with Crippen LogP contribution >= 0.6 is 9.24 Å². The van der Waals surface area contributed by atoms with Crippen LogP contribution in [0.15, 0.2) is 24.3 Å². The predicted octanol–water partition coefficient (Wildman–Crippen LogP) is 2.83. The van der Waals surface area contributed by atoms with Gasteiger partial charge in [-0.15, -0.1) is 9.24 Å². The van der Waals surface area contributed by atoms with E-state index >= 15 is 0 Å². The molecule has 5 rings (SSSR count). The first-order chi connectivity index (χ1) is 16.1. The number of nitrogens with two attached hydrogens (primary N) is 2. The van der Waals surface area contributed by atoms with Crippen LogP contribution in [0.1, 0.15) is 35.8 Å². The lowest BCUT2D eigenvalue weighted by Gasteiger charge is -2.15. The number of benzene rings is 2. The van der Waals surface area contributed by atoms with Gasteiger partial charge in [0.1, 0.15) is 11.3 Å². The molecule has 7 N–H and O–H groups in total. The lowest BCUT2D eigenvalue weighted by atomic mass is 10.1. The molecule has 1 aliphatic rings. The Morgan fingerprint density at radius 1 is 1.29 bits per heavy atom. The Balaban J connectivity index is 1.81. The summed E-state index contributed by atoms with van der Waals surface area (Å²) < 4.78 is 14.6. The minimum Gasteiger partial charge on any atom is -0.398 e. The molecule has 1 atom stereocenters. The molecule has 2 aromatic heterocycles. The van der Waals surface area contributed by atoms with Gasteiger partial charge in [0.05, 0.1) is 11.2 Å². The molecule has 172 valence electrons. The number of fused-ring (bicyclic) bond motifs is 3. The van der Waals surface area contributed by atoms with Gasteiger partial charge >= 0.3 is 0 Å². The molecular formula is C23H21FN7O2P. The molecule has 9 nitrogen and oxygen atoms in total. The topological polar surface area (TPSA) is 164 Å². The number of aromatic nitrogens is 3. The summed E-state index contributed by atoms with van der Waals surface area (Å²) in [7, 11) is 2.28. The molecule has 4 aromatic rings. The fourth-order valence-electron chi connectivity index (χ4n) is 3.91. The molecule has 2 heterocycles. The van der Waals surface area contributed by atoms with Crippen LogP contribution in [0.3, 0.4) is 0 Å². The summed E-state index contributed by atoms with van der Waals surface area (Å²) in [4.78, 5) is 37.1. The number of hydrogen-bond donors (Lipinski definition) is 5. The Hall–Kier alpha value is -3.91. The number of H-pyrrole nitrogens is 1. The van der Waals surface area contributed by atoms with Crippen LogP contribution in [0.5, 0.6) is 0 Å². The maximum atomic E-state index is 14.6. The highest BCUT2D eigenvalue weighted by atomic mass is 31.0. The second-order valence-corrected chi connectivity index (χ2v) is 9.30. The van der Waals surface area contributed by atoms with Gasteiger partial charge in [-0.2, -0.15) is 0 Å². The normalized spacial score (nSPS) is 14.3. The monoisotopic (exact) mass is 477 g/mol. The molecule has 1 saturated carbocycles. The third kappa shape index (κ3) is 3.38. The van der Waals surface area contributed by atoms with Gasteiger partial charge in [0.2, 0.25) is 5.91 Å². The Morgan fingerprint density at radius 3 is 2.68 bits per heavy atom. The highest BCUT2D eigenvalue weighted by molar-refractivity contribution is 7.27. The van der Waals surface area contributed by atoms with Crippen molar-refractivity contribution in [3.8, 4) is 11.4 Å². The summed E-state index contributed by atoms with van der Waals surface area (Å²) in [5, 5.41) is 11.4. The number of rotatable bonds is 5. The molecule has 1 aliphatic carbocycles. The third-order valence-corrected chi connectivity index (χ3v) is 6.68. The van der Waals surface area contributed by atoms with E-state index in [2.05, 4.69) is 29.5 Å². The zero-order valence-corrected chi connectivity index (χ0v) is 19.3. The van der Waals surface area contributed by atoms with Crippen molar-refractivity contribution < 1.29 is 14.0 Å². The molecule has 1 fully saturated rings. The molecule has 0 aliphatic heterocycles. The maximum Gasteiger partial charge on any atom is 0.269 e.